The van der Waals surface area contributed by atoms with E-state index in [9.17, 15) is 0 Å². The Labute approximate surface area is 176 Å². The van der Waals surface area contributed by atoms with Crippen molar-refractivity contribution < 1.29 is 14.4 Å². The molecular formula is C22H27N4O2S+. The molecule has 6 nitrogen and oxygen atoms in total. The molecule has 1 heterocycles. The largest absolute Gasteiger partial charge is 0.497 e. The van der Waals surface area contributed by atoms with Gasteiger partial charge in [-0.25, -0.2) is 0 Å². The zero-order valence-electron chi connectivity index (χ0n) is 17.1. The zero-order chi connectivity index (χ0) is 20.4. The lowest BCUT2D eigenvalue weighted by atomic mass is 10.2. The van der Waals surface area contributed by atoms with E-state index in [0.29, 0.717) is 6.04 Å². The summed E-state index contributed by atoms with van der Waals surface area (Å²) in [6.45, 7) is 1.71. The van der Waals surface area contributed by atoms with Gasteiger partial charge in [-0.15, -0.1) is 5.10 Å². The van der Waals surface area contributed by atoms with Crippen molar-refractivity contribution in [1.29, 1.82) is 0 Å². The molecule has 1 fully saturated rings. The molecule has 4 rings (SSSR count). The summed E-state index contributed by atoms with van der Waals surface area (Å²) in [5.41, 5.74) is 2.33. The van der Waals surface area contributed by atoms with Gasteiger partial charge in [0.25, 0.3) is 0 Å². The summed E-state index contributed by atoms with van der Waals surface area (Å²) < 4.78 is 15.2. The summed E-state index contributed by atoms with van der Waals surface area (Å²) in [6.07, 6.45) is 2.52. The van der Waals surface area contributed by atoms with Crippen LogP contribution in [0.25, 0.3) is 11.4 Å². The lowest BCUT2D eigenvalue weighted by Crippen LogP contribution is -3.11. The number of hydrogen-bond donors (Lipinski definition) is 1. The molecule has 1 atom stereocenters. The minimum atomic E-state index is 0.672. The minimum absolute atomic E-state index is 0.672. The molecule has 0 bridgehead atoms. The molecule has 0 saturated heterocycles. The van der Waals surface area contributed by atoms with Crippen molar-refractivity contribution in [2.45, 2.75) is 32.1 Å². The van der Waals surface area contributed by atoms with E-state index in [4.69, 9.17) is 26.8 Å². The molecule has 0 spiro atoms. The Balaban J connectivity index is 1.55. The lowest BCUT2D eigenvalue weighted by Gasteiger charge is -2.19. The van der Waals surface area contributed by atoms with E-state index in [2.05, 4.69) is 12.1 Å². The van der Waals surface area contributed by atoms with E-state index in [1.165, 1.54) is 23.3 Å². The van der Waals surface area contributed by atoms with Crippen molar-refractivity contribution in [3.63, 3.8) is 0 Å². The zero-order valence-corrected chi connectivity index (χ0v) is 17.9. The van der Waals surface area contributed by atoms with Crippen LogP contribution in [0.15, 0.2) is 48.5 Å². The highest BCUT2D eigenvalue weighted by atomic mass is 32.1. The van der Waals surface area contributed by atoms with Gasteiger partial charge in [0.1, 0.15) is 18.0 Å². The van der Waals surface area contributed by atoms with E-state index in [1.54, 1.807) is 14.2 Å². The van der Waals surface area contributed by atoms with Gasteiger partial charge in [0.2, 0.25) is 4.77 Å². The van der Waals surface area contributed by atoms with Crippen LogP contribution in [-0.4, -0.2) is 34.6 Å². The Morgan fingerprint density at radius 3 is 2.14 bits per heavy atom. The second-order valence-electron chi connectivity index (χ2n) is 7.51. The van der Waals surface area contributed by atoms with Gasteiger partial charge in [-0.1, -0.05) is 0 Å². The smallest absolute Gasteiger partial charge is 0.202 e. The average molecular weight is 412 g/mol. The number of quaternary nitrogens is 1. The Morgan fingerprint density at radius 2 is 1.59 bits per heavy atom. The van der Waals surface area contributed by atoms with Crippen LogP contribution in [0.3, 0.4) is 0 Å². The predicted molar refractivity (Wildman–Crippen MR) is 115 cm³/mol. The van der Waals surface area contributed by atoms with Crippen LogP contribution in [-0.2, 0) is 20.3 Å². The number of nitrogens with zero attached hydrogens (tertiary/aromatic N) is 3. The lowest BCUT2D eigenvalue weighted by molar-refractivity contribution is -0.947. The monoisotopic (exact) mass is 411 g/mol. The number of ether oxygens (including phenoxy) is 2. The number of benzene rings is 2. The molecule has 2 aromatic carbocycles. The van der Waals surface area contributed by atoms with Gasteiger partial charge in [-0.2, -0.15) is 4.68 Å². The standard InChI is InChI=1S/C22H26N4O2S/c1-24-21(17-6-12-20(28-3)13-7-17)23-26(22(24)29)15-25(18-8-9-18)14-16-4-10-19(27-2)11-5-16/h4-7,10-13,18H,8-9,14-15H2,1-3H3/p+1. The first-order chi connectivity index (χ1) is 14.1. The molecule has 1 unspecified atom stereocenters. The summed E-state index contributed by atoms with van der Waals surface area (Å²) in [5.74, 6) is 2.59. The van der Waals surface area contributed by atoms with E-state index in [-0.39, 0.29) is 0 Å². The number of hydrogen-bond acceptors (Lipinski definition) is 4. The topological polar surface area (TPSA) is 45.6 Å². The molecule has 7 heteroatoms. The number of rotatable bonds is 8. The van der Waals surface area contributed by atoms with Gasteiger partial charge in [-0.3, -0.25) is 0 Å². The summed E-state index contributed by atoms with van der Waals surface area (Å²) in [4.78, 5) is 1.49. The van der Waals surface area contributed by atoms with Crippen molar-refractivity contribution in [3.05, 3.63) is 58.9 Å². The maximum Gasteiger partial charge on any atom is 0.202 e. The van der Waals surface area contributed by atoms with E-state index >= 15 is 0 Å². The first kappa shape index (κ1) is 19.7. The van der Waals surface area contributed by atoms with Crippen molar-refractivity contribution >= 4 is 12.2 Å². The molecular weight excluding hydrogens is 384 g/mol. The van der Waals surface area contributed by atoms with E-state index in [1.807, 2.05) is 52.7 Å². The van der Waals surface area contributed by atoms with Crippen molar-refractivity contribution in [2.24, 2.45) is 7.05 Å². The summed E-state index contributed by atoms with van der Waals surface area (Å²) in [6, 6.07) is 16.9. The highest BCUT2D eigenvalue weighted by Gasteiger charge is 2.34. The minimum Gasteiger partial charge on any atom is -0.497 e. The van der Waals surface area contributed by atoms with E-state index in [0.717, 1.165) is 40.9 Å². The van der Waals surface area contributed by atoms with Gasteiger partial charge in [0.05, 0.1) is 20.3 Å². The van der Waals surface area contributed by atoms with Crippen LogP contribution in [0.2, 0.25) is 0 Å². The fourth-order valence-corrected chi connectivity index (χ4v) is 3.79. The van der Waals surface area contributed by atoms with E-state index < -0.39 is 0 Å². The van der Waals surface area contributed by atoms with Crippen LogP contribution in [0, 0.1) is 4.77 Å². The number of aromatic nitrogens is 3. The SMILES string of the molecule is COc1ccc(C[NH+](Cn2nc(-c3ccc(OC)cc3)n(C)c2=S)C2CC2)cc1. The summed E-state index contributed by atoms with van der Waals surface area (Å²) >= 11 is 5.69. The molecule has 0 amide bonds. The average Bonchev–Trinajstić information content (AvgIpc) is 3.57. The quantitative estimate of drug-likeness (QED) is 0.579. The fourth-order valence-electron chi connectivity index (χ4n) is 3.60. The van der Waals surface area contributed by atoms with Crippen LogP contribution < -0.4 is 14.4 Å². The van der Waals surface area contributed by atoms with Crippen molar-refractivity contribution in [1.82, 2.24) is 14.3 Å². The molecule has 152 valence electrons. The molecule has 1 saturated carbocycles. The maximum atomic E-state index is 5.69. The molecule has 1 aromatic heterocycles. The number of methoxy groups -OCH3 is 2. The van der Waals surface area contributed by atoms with Gasteiger partial charge >= 0.3 is 0 Å². The first-order valence-electron chi connectivity index (χ1n) is 9.85. The first-order valence-corrected chi connectivity index (χ1v) is 10.3. The summed E-state index contributed by atoms with van der Waals surface area (Å²) in [5, 5.41) is 4.85. The van der Waals surface area contributed by atoms with Crippen LogP contribution in [0.4, 0.5) is 0 Å². The molecule has 0 radical (unpaired) electrons. The highest BCUT2D eigenvalue weighted by molar-refractivity contribution is 7.71. The third-order valence-electron chi connectivity index (χ3n) is 5.49. The predicted octanol–water partition coefficient (Wildman–Crippen LogP) is 2.84. The molecule has 1 N–H and O–H groups in total. The third kappa shape index (κ3) is 4.36. The molecule has 3 aromatic rings. The Morgan fingerprint density at radius 1 is 1.00 bits per heavy atom. The molecule has 1 aliphatic carbocycles. The molecule has 0 aliphatic heterocycles. The Bertz CT molecular complexity index is 1020. The number of nitrogens with one attached hydrogen (secondary N) is 1. The van der Waals surface area contributed by atoms with Gasteiger partial charge in [0.15, 0.2) is 12.5 Å². The van der Waals surface area contributed by atoms with Gasteiger partial charge < -0.3 is 18.9 Å². The van der Waals surface area contributed by atoms with Crippen LogP contribution in [0.5, 0.6) is 11.5 Å². The maximum absolute atomic E-state index is 5.69. The van der Waals surface area contributed by atoms with Crippen molar-refractivity contribution in [2.75, 3.05) is 14.2 Å². The highest BCUT2D eigenvalue weighted by Crippen LogP contribution is 2.21. The molecule has 1 aliphatic rings. The Kier molecular flexibility index (Phi) is 5.69. The van der Waals surface area contributed by atoms with Crippen molar-refractivity contribution in [3.8, 4) is 22.9 Å². The van der Waals surface area contributed by atoms with Crippen LogP contribution >= 0.6 is 12.2 Å². The second-order valence-corrected chi connectivity index (χ2v) is 7.87. The second kappa shape index (κ2) is 8.39. The van der Waals surface area contributed by atoms with Gasteiger partial charge in [-0.05, 0) is 60.7 Å². The van der Waals surface area contributed by atoms with Crippen LogP contribution in [0.1, 0.15) is 18.4 Å². The third-order valence-corrected chi connectivity index (χ3v) is 5.97. The Hall–Kier alpha value is -2.64. The molecule has 29 heavy (non-hydrogen) atoms. The van der Waals surface area contributed by atoms with Gasteiger partial charge in [0, 0.05) is 31.0 Å². The fraction of sp³-hybridized carbons (Fsp3) is 0.364. The summed E-state index contributed by atoms with van der Waals surface area (Å²) in [7, 11) is 5.34. The normalized spacial score (nSPS) is 14.6.